The van der Waals surface area contributed by atoms with E-state index in [9.17, 15) is 4.79 Å². The van der Waals surface area contributed by atoms with Gasteiger partial charge in [-0.3, -0.25) is 0 Å². The lowest BCUT2D eigenvalue weighted by Crippen LogP contribution is -2.41. The van der Waals surface area contributed by atoms with E-state index in [0.717, 1.165) is 57.9 Å². The zero-order valence-electron chi connectivity index (χ0n) is 21.2. The van der Waals surface area contributed by atoms with Crippen molar-refractivity contribution in [2.45, 2.75) is 72.2 Å². The minimum absolute atomic E-state index is 0.0716. The molecule has 0 bridgehead atoms. The summed E-state index contributed by atoms with van der Waals surface area (Å²) >= 11 is 0. The molecule has 1 aromatic heterocycles. The zero-order chi connectivity index (χ0) is 24.0. The van der Waals surface area contributed by atoms with Crippen molar-refractivity contribution in [1.82, 2.24) is 9.47 Å². The summed E-state index contributed by atoms with van der Waals surface area (Å²) in [5.41, 5.74) is 3.02. The minimum Gasteiger partial charge on any atom is -0.444 e. The molecule has 2 aromatic rings. The number of amides is 1. The smallest absolute Gasteiger partial charge is 0.410 e. The summed E-state index contributed by atoms with van der Waals surface area (Å²) in [6.07, 6.45) is 3.75. The lowest BCUT2D eigenvalue weighted by atomic mass is 10.1. The predicted molar refractivity (Wildman–Crippen MR) is 133 cm³/mol. The van der Waals surface area contributed by atoms with E-state index in [-0.39, 0.29) is 12.1 Å². The largest absolute Gasteiger partial charge is 0.444 e. The lowest BCUT2D eigenvalue weighted by molar-refractivity contribution is 0.0153. The molecule has 1 unspecified atom stereocenters. The highest BCUT2D eigenvalue weighted by molar-refractivity contribution is 5.96. The Morgan fingerprint density at radius 1 is 1.24 bits per heavy atom. The van der Waals surface area contributed by atoms with Crippen molar-refractivity contribution in [3.8, 4) is 0 Å². The first-order chi connectivity index (χ1) is 15.7. The fourth-order valence-corrected chi connectivity index (χ4v) is 4.30. The molecule has 1 aliphatic heterocycles. The van der Waals surface area contributed by atoms with Gasteiger partial charge in [0.2, 0.25) is 0 Å². The Morgan fingerprint density at radius 2 is 1.97 bits per heavy atom. The summed E-state index contributed by atoms with van der Waals surface area (Å²) in [7, 11) is 1.74. The van der Waals surface area contributed by atoms with Crippen LogP contribution in [0.1, 0.15) is 53.0 Å². The number of hydrogen-bond acceptors (Lipinski definition) is 5. The molecule has 0 N–H and O–H groups in total. The van der Waals surface area contributed by atoms with Crippen molar-refractivity contribution in [3.05, 3.63) is 30.0 Å². The van der Waals surface area contributed by atoms with Crippen LogP contribution in [0.3, 0.4) is 0 Å². The predicted octanol–water partition coefficient (Wildman–Crippen LogP) is 5.05. The Balaban J connectivity index is 2.03. The highest BCUT2D eigenvalue weighted by Crippen LogP contribution is 2.34. The monoisotopic (exact) mass is 459 g/mol. The maximum Gasteiger partial charge on any atom is 0.410 e. The van der Waals surface area contributed by atoms with Crippen LogP contribution in [0.4, 0.5) is 10.5 Å². The second-order valence-corrected chi connectivity index (χ2v) is 9.83. The van der Waals surface area contributed by atoms with E-state index < -0.39 is 5.60 Å². The molecule has 1 saturated heterocycles. The Hall–Kier alpha value is -2.25. The van der Waals surface area contributed by atoms with Gasteiger partial charge >= 0.3 is 6.09 Å². The van der Waals surface area contributed by atoms with Crippen LogP contribution in [0, 0.1) is 0 Å². The number of methoxy groups -OCH3 is 1. The molecule has 7 heteroatoms. The number of hydrogen-bond donors (Lipinski definition) is 0. The molecule has 184 valence electrons. The van der Waals surface area contributed by atoms with E-state index in [1.165, 1.54) is 16.6 Å². The summed E-state index contributed by atoms with van der Waals surface area (Å²) in [4.78, 5) is 17.4. The van der Waals surface area contributed by atoms with Crippen LogP contribution in [0.15, 0.2) is 24.4 Å². The molecule has 1 atom stereocenters. The lowest BCUT2D eigenvalue weighted by Gasteiger charge is -2.32. The van der Waals surface area contributed by atoms with E-state index in [0.29, 0.717) is 6.54 Å². The van der Waals surface area contributed by atoms with E-state index in [2.05, 4.69) is 47.7 Å². The Morgan fingerprint density at radius 3 is 2.61 bits per heavy atom. The number of carbonyl (C=O) groups excluding carboxylic acids is 1. The molecule has 1 amide bonds. The van der Waals surface area contributed by atoms with Crippen molar-refractivity contribution in [3.63, 3.8) is 0 Å². The first-order valence-corrected chi connectivity index (χ1v) is 12.2. The number of aromatic nitrogens is 1. The number of anilines is 1. The number of morpholine rings is 1. The van der Waals surface area contributed by atoms with Gasteiger partial charge in [0.05, 0.1) is 25.3 Å². The third-order valence-electron chi connectivity index (χ3n) is 6.15. The molecule has 7 nitrogen and oxygen atoms in total. The Labute approximate surface area is 198 Å². The fraction of sp³-hybridized carbons (Fsp3) is 0.654. The number of aryl methyl sites for hydroxylation is 1. The van der Waals surface area contributed by atoms with Gasteiger partial charge in [-0.15, -0.1) is 0 Å². The molecule has 0 aliphatic carbocycles. The molecule has 1 aromatic carbocycles. The molecular formula is C26H41N3O4. The van der Waals surface area contributed by atoms with Crippen LogP contribution < -0.4 is 4.90 Å². The maximum absolute atomic E-state index is 13.2. The molecular weight excluding hydrogens is 418 g/mol. The number of benzene rings is 1. The zero-order valence-corrected chi connectivity index (χ0v) is 21.2. The third kappa shape index (κ3) is 6.42. The number of carbonyl (C=O) groups is 1. The fourth-order valence-electron chi connectivity index (χ4n) is 4.30. The second kappa shape index (κ2) is 11.3. The van der Waals surface area contributed by atoms with Gasteiger partial charge in [-0.1, -0.05) is 13.0 Å². The van der Waals surface area contributed by atoms with Gasteiger partial charge in [-0.25, -0.2) is 4.79 Å². The topological polar surface area (TPSA) is 56.2 Å². The Kier molecular flexibility index (Phi) is 8.65. The average Bonchev–Trinajstić information content (AvgIpc) is 3.14. The Bertz CT molecular complexity index is 912. The molecule has 0 saturated carbocycles. The molecule has 0 spiro atoms. The first kappa shape index (κ1) is 25.4. The van der Waals surface area contributed by atoms with Crippen molar-refractivity contribution < 1.29 is 19.0 Å². The summed E-state index contributed by atoms with van der Waals surface area (Å²) in [5, 5.41) is 1.22. The number of rotatable bonds is 9. The van der Waals surface area contributed by atoms with E-state index >= 15 is 0 Å². The summed E-state index contributed by atoms with van der Waals surface area (Å²) in [5.74, 6) is 0. The summed E-state index contributed by atoms with van der Waals surface area (Å²) < 4.78 is 19.0. The number of fused-ring (bicyclic) bond motifs is 1. The number of ether oxygens (including phenoxy) is 3. The molecule has 2 heterocycles. The van der Waals surface area contributed by atoms with Crippen LogP contribution in [0.5, 0.6) is 0 Å². The van der Waals surface area contributed by atoms with E-state index in [1.54, 1.807) is 7.11 Å². The highest BCUT2D eigenvalue weighted by Gasteiger charge is 2.27. The van der Waals surface area contributed by atoms with Gasteiger partial charge in [0.25, 0.3) is 0 Å². The van der Waals surface area contributed by atoms with Crippen LogP contribution in [0.25, 0.3) is 10.9 Å². The normalized spacial score (nSPS) is 15.6. The van der Waals surface area contributed by atoms with Gasteiger partial charge in [0.1, 0.15) is 5.60 Å². The standard InChI is InChI=1S/C26H41N3O4/c1-7-20(2)29(25(30)33-26(3,4)5)19-21-18-28(12-9-15-31-6)23-11-8-10-22(24(21)23)27-13-16-32-17-14-27/h8,10-11,18,20H,7,9,12-17,19H2,1-6H3. The second-order valence-electron chi connectivity index (χ2n) is 9.83. The van der Waals surface area contributed by atoms with Gasteiger partial charge in [-0.05, 0) is 58.2 Å². The van der Waals surface area contributed by atoms with Gasteiger partial charge < -0.3 is 28.6 Å². The van der Waals surface area contributed by atoms with Crippen molar-refractivity contribution in [2.75, 3.05) is 44.9 Å². The average molecular weight is 460 g/mol. The quantitative estimate of drug-likeness (QED) is 0.491. The van der Waals surface area contributed by atoms with Crippen LogP contribution in [0.2, 0.25) is 0 Å². The van der Waals surface area contributed by atoms with Crippen LogP contribution in [-0.2, 0) is 27.3 Å². The van der Waals surface area contributed by atoms with E-state index in [4.69, 9.17) is 14.2 Å². The maximum atomic E-state index is 13.2. The molecule has 1 aliphatic rings. The molecule has 33 heavy (non-hydrogen) atoms. The summed E-state index contributed by atoms with van der Waals surface area (Å²) in [6.45, 7) is 15.2. The van der Waals surface area contributed by atoms with Crippen LogP contribution in [-0.4, -0.2) is 67.2 Å². The molecule has 0 radical (unpaired) electrons. The molecule has 3 rings (SSSR count). The third-order valence-corrected chi connectivity index (χ3v) is 6.15. The minimum atomic E-state index is -0.532. The summed E-state index contributed by atoms with van der Waals surface area (Å²) in [6, 6.07) is 6.57. The first-order valence-electron chi connectivity index (χ1n) is 12.2. The van der Waals surface area contributed by atoms with E-state index in [1.807, 2.05) is 25.7 Å². The van der Waals surface area contributed by atoms with Crippen molar-refractivity contribution in [2.24, 2.45) is 0 Å². The number of nitrogens with zero attached hydrogens (tertiary/aromatic N) is 3. The highest BCUT2D eigenvalue weighted by atomic mass is 16.6. The van der Waals surface area contributed by atoms with Crippen LogP contribution >= 0.6 is 0 Å². The van der Waals surface area contributed by atoms with Crippen molar-refractivity contribution in [1.29, 1.82) is 0 Å². The van der Waals surface area contributed by atoms with Gasteiger partial charge in [0, 0.05) is 56.7 Å². The SMILES string of the molecule is CCC(C)N(Cc1cn(CCCOC)c2cccc(N3CCOCC3)c12)C(=O)OC(C)(C)C. The molecule has 1 fully saturated rings. The van der Waals surface area contributed by atoms with Gasteiger partial charge in [0.15, 0.2) is 0 Å². The van der Waals surface area contributed by atoms with Gasteiger partial charge in [-0.2, -0.15) is 0 Å². The van der Waals surface area contributed by atoms with Crippen molar-refractivity contribution >= 4 is 22.7 Å².